The predicted octanol–water partition coefficient (Wildman–Crippen LogP) is 3.56. The molecule has 78 valence electrons. The van der Waals surface area contributed by atoms with Crippen LogP contribution < -0.4 is 0 Å². The van der Waals surface area contributed by atoms with Crippen molar-refractivity contribution in [2.24, 2.45) is 0 Å². The molecule has 2 rings (SSSR count). The molecule has 1 atom stereocenters. The molecule has 0 saturated carbocycles. The van der Waals surface area contributed by atoms with E-state index < -0.39 is 0 Å². The maximum atomic E-state index is 11.2. The van der Waals surface area contributed by atoms with Crippen LogP contribution in [0.3, 0.4) is 0 Å². The molecule has 0 spiro atoms. The van der Waals surface area contributed by atoms with Crippen molar-refractivity contribution in [3.63, 3.8) is 0 Å². The maximum absolute atomic E-state index is 11.2. The highest BCUT2D eigenvalue weighted by atomic mass is 16.1. The van der Waals surface area contributed by atoms with E-state index in [0.717, 1.165) is 0 Å². The lowest BCUT2D eigenvalue weighted by molar-refractivity contribution is -0.117. The van der Waals surface area contributed by atoms with Crippen LogP contribution in [0, 0.1) is 0 Å². The van der Waals surface area contributed by atoms with Gasteiger partial charge in [0.25, 0.3) is 0 Å². The first-order valence-corrected chi connectivity index (χ1v) is 5.37. The molecule has 0 heterocycles. The van der Waals surface area contributed by atoms with Crippen LogP contribution in [-0.2, 0) is 4.79 Å². The third-order valence-electron chi connectivity index (χ3n) is 3.35. The molecule has 1 nitrogen and oxygen atoms in total. The van der Waals surface area contributed by atoms with Gasteiger partial charge in [0, 0.05) is 12.3 Å². The fourth-order valence-corrected chi connectivity index (χ4v) is 2.40. The van der Waals surface area contributed by atoms with Gasteiger partial charge in [-0.05, 0) is 37.5 Å². The third-order valence-corrected chi connectivity index (χ3v) is 3.35. The van der Waals surface area contributed by atoms with Crippen LogP contribution in [0.25, 0.3) is 5.57 Å². The number of carbonyl (C=O) groups is 1. The van der Waals surface area contributed by atoms with E-state index in [2.05, 4.69) is 38.1 Å². The van der Waals surface area contributed by atoms with Crippen molar-refractivity contribution >= 4 is 11.4 Å². The van der Waals surface area contributed by atoms with Gasteiger partial charge in [0.2, 0.25) is 0 Å². The van der Waals surface area contributed by atoms with Crippen LogP contribution in [0.15, 0.2) is 29.8 Å². The standard InChI is InChI=1S/C14H16O/c1-9(15)8-14-11(3)10(2)12-6-4-5-7-13(12)14/h4-7,14H,8H2,1-3H3. The van der Waals surface area contributed by atoms with Crippen LogP contribution in [0.1, 0.15) is 44.2 Å². The van der Waals surface area contributed by atoms with Crippen molar-refractivity contribution in [1.82, 2.24) is 0 Å². The Kier molecular flexibility index (Phi) is 2.47. The third kappa shape index (κ3) is 1.63. The minimum absolute atomic E-state index is 0.267. The van der Waals surface area contributed by atoms with E-state index in [1.165, 1.54) is 22.3 Å². The molecule has 0 radical (unpaired) electrons. The van der Waals surface area contributed by atoms with Crippen LogP contribution >= 0.6 is 0 Å². The second-order valence-corrected chi connectivity index (χ2v) is 4.35. The monoisotopic (exact) mass is 200 g/mol. The summed E-state index contributed by atoms with van der Waals surface area (Å²) in [6.45, 7) is 5.96. The lowest BCUT2D eigenvalue weighted by atomic mass is 9.92. The number of hydrogen-bond acceptors (Lipinski definition) is 1. The second-order valence-electron chi connectivity index (χ2n) is 4.35. The molecule has 0 N–H and O–H groups in total. The van der Waals surface area contributed by atoms with Gasteiger partial charge >= 0.3 is 0 Å². The van der Waals surface area contributed by atoms with Gasteiger partial charge in [-0.15, -0.1) is 0 Å². The van der Waals surface area contributed by atoms with Crippen LogP contribution in [0.4, 0.5) is 0 Å². The summed E-state index contributed by atoms with van der Waals surface area (Å²) in [5, 5.41) is 0. The van der Waals surface area contributed by atoms with Crippen molar-refractivity contribution in [3.8, 4) is 0 Å². The largest absolute Gasteiger partial charge is 0.300 e. The van der Waals surface area contributed by atoms with E-state index in [1.54, 1.807) is 6.92 Å². The van der Waals surface area contributed by atoms with Gasteiger partial charge in [-0.2, -0.15) is 0 Å². The van der Waals surface area contributed by atoms with Crippen molar-refractivity contribution in [2.75, 3.05) is 0 Å². The summed E-state index contributed by atoms with van der Waals surface area (Å²) in [5.41, 5.74) is 5.34. The molecule has 0 fully saturated rings. The molecule has 1 aliphatic carbocycles. The lowest BCUT2D eigenvalue weighted by Crippen LogP contribution is -2.02. The van der Waals surface area contributed by atoms with Gasteiger partial charge in [0.15, 0.2) is 0 Å². The summed E-state index contributed by atoms with van der Waals surface area (Å²) in [6, 6.07) is 8.40. The minimum Gasteiger partial charge on any atom is -0.300 e. The zero-order valence-corrected chi connectivity index (χ0v) is 9.50. The molecule has 1 aromatic carbocycles. The van der Waals surface area contributed by atoms with Crippen molar-refractivity contribution in [1.29, 1.82) is 0 Å². The molecule has 0 bridgehead atoms. The average Bonchev–Trinajstić information content (AvgIpc) is 2.44. The summed E-state index contributed by atoms with van der Waals surface area (Å²) in [5.74, 6) is 0.586. The van der Waals surface area contributed by atoms with Gasteiger partial charge in [-0.3, -0.25) is 4.79 Å². The molecule has 0 aromatic heterocycles. The molecular formula is C14H16O. The first-order chi connectivity index (χ1) is 7.11. The second kappa shape index (κ2) is 3.65. The Morgan fingerprint density at radius 2 is 1.93 bits per heavy atom. The number of ketones is 1. The highest BCUT2D eigenvalue weighted by molar-refractivity contribution is 5.82. The summed E-state index contributed by atoms with van der Waals surface area (Å²) >= 11 is 0. The van der Waals surface area contributed by atoms with E-state index >= 15 is 0 Å². The van der Waals surface area contributed by atoms with Gasteiger partial charge in [0.05, 0.1) is 0 Å². The molecular weight excluding hydrogens is 184 g/mol. The molecule has 1 aromatic rings. The van der Waals surface area contributed by atoms with Crippen LogP contribution in [0.5, 0.6) is 0 Å². The van der Waals surface area contributed by atoms with E-state index in [-0.39, 0.29) is 5.78 Å². The number of Topliss-reactive ketones (excluding diaryl/α,β-unsaturated/α-hetero) is 1. The Morgan fingerprint density at radius 3 is 2.60 bits per heavy atom. The Balaban J connectivity index is 2.46. The van der Waals surface area contributed by atoms with E-state index in [4.69, 9.17) is 0 Å². The summed E-state index contributed by atoms with van der Waals surface area (Å²) in [7, 11) is 0. The molecule has 15 heavy (non-hydrogen) atoms. The molecule has 1 unspecified atom stereocenters. The van der Waals surface area contributed by atoms with Crippen molar-refractivity contribution in [2.45, 2.75) is 33.1 Å². The van der Waals surface area contributed by atoms with E-state index in [0.29, 0.717) is 12.3 Å². The van der Waals surface area contributed by atoms with E-state index in [9.17, 15) is 4.79 Å². The number of fused-ring (bicyclic) bond motifs is 1. The first kappa shape index (κ1) is 10.2. The van der Waals surface area contributed by atoms with Gasteiger partial charge in [-0.1, -0.05) is 29.8 Å². The van der Waals surface area contributed by atoms with Crippen LogP contribution in [-0.4, -0.2) is 5.78 Å². The minimum atomic E-state index is 0.267. The molecule has 0 aliphatic heterocycles. The van der Waals surface area contributed by atoms with Crippen LogP contribution in [0.2, 0.25) is 0 Å². The molecule has 1 heteroatoms. The Hall–Kier alpha value is -1.37. The Morgan fingerprint density at radius 1 is 1.27 bits per heavy atom. The van der Waals surface area contributed by atoms with Gasteiger partial charge in [-0.25, -0.2) is 0 Å². The van der Waals surface area contributed by atoms with Gasteiger partial charge < -0.3 is 0 Å². The SMILES string of the molecule is CC(=O)CC1C(C)=C(C)c2ccccc21. The average molecular weight is 200 g/mol. The topological polar surface area (TPSA) is 17.1 Å². The number of allylic oxidation sites excluding steroid dienone is 2. The molecule has 1 aliphatic rings. The summed E-state index contributed by atoms with van der Waals surface area (Å²) < 4.78 is 0. The zero-order valence-electron chi connectivity index (χ0n) is 9.50. The smallest absolute Gasteiger partial charge is 0.130 e. The lowest BCUT2D eigenvalue weighted by Gasteiger charge is -2.11. The quantitative estimate of drug-likeness (QED) is 0.713. The number of carbonyl (C=O) groups excluding carboxylic acids is 1. The zero-order chi connectivity index (χ0) is 11.0. The number of hydrogen-bond donors (Lipinski definition) is 0. The fraction of sp³-hybridized carbons (Fsp3) is 0.357. The molecule has 0 saturated heterocycles. The molecule has 0 amide bonds. The number of rotatable bonds is 2. The highest BCUT2D eigenvalue weighted by Gasteiger charge is 2.26. The summed E-state index contributed by atoms with van der Waals surface area (Å²) in [6.07, 6.45) is 0.639. The fourth-order valence-electron chi connectivity index (χ4n) is 2.40. The summed E-state index contributed by atoms with van der Waals surface area (Å²) in [4.78, 5) is 11.2. The Labute approximate surface area is 90.8 Å². The van der Waals surface area contributed by atoms with Crippen molar-refractivity contribution in [3.05, 3.63) is 41.0 Å². The number of benzene rings is 1. The predicted molar refractivity (Wildman–Crippen MR) is 62.7 cm³/mol. The van der Waals surface area contributed by atoms with Gasteiger partial charge in [0.1, 0.15) is 5.78 Å². The maximum Gasteiger partial charge on any atom is 0.130 e. The Bertz CT molecular complexity index is 440. The van der Waals surface area contributed by atoms with E-state index in [1.807, 2.05) is 0 Å². The normalized spacial score (nSPS) is 19.3. The van der Waals surface area contributed by atoms with Crippen molar-refractivity contribution < 1.29 is 4.79 Å². The highest BCUT2D eigenvalue weighted by Crippen LogP contribution is 2.42. The first-order valence-electron chi connectivity index (χ1n) is 5.37.